The van der Waals surface area contributed by atoms with Crippen molar-refractivity contribution in [2.75, 3.05) is 19.5 Å². The molecule has 0 unspecified atom stereocenters. The van der Waals surface area contributed by atoms with Crippen LogP contribution in [-0.4, -0.2) is 30.1 Å². The molecular weight excluding hydrogens is 260 g/mol. The second-order valence-corrected chi connectivity index (χ2v) is 4.63. The molecule has 1 aliphatic rings. The number of anilines is 1. The third-order valence-electron chi connectivity index (χ3n) is 3.43. The highest BCUT2D eigenvalue weighted by atomic mass is 16.5. The van der Waals surface area contributed by atoms with Gasteiger partial charge in [0.15, 0.2) is 0 Å². The number of methoxy groups -OCH3 is 2. The Labute approximate surface area is 116 Å². The van der Waals surface area contributed by atoms with Crippen LogP contribution in [-0.2, 0) is 4.79 Å². The van der Waals surface area contributed by atoms with E-state index in [1.54, 1.807) is 0 Å². The number of rotatable bonds is 4. The first-order valence-electron chi connectivity index (χ1n) is 6.33. The number of hydrogen-bond donors (Lipinski definition) is 1. The fourth-order valence-corrected chi connectivity index (χ4v) is 2.26. The van der Waals surface area contributed by atoms with Crippen LogP contribution in [0.5, 0.6) is 11.8 Å². The molecule has 0 radical (unpaired) electrons. The lowest BCUT2D eigenvalue weighted by Gasteiger charge is -2.18. The highest BCUT2D eigenvalue weighted by Crippen LogP contribution is 2.38. The van der Waals surface area contributed by atoms with E-state index < -0.39 is 5.41 Å². The molecule has 1 N–H and O–H groups in total. The Morgan fingerprint density at radius 1 is 1.30 bits per heavy atom. The standard InChI is InChI=1S/C13H16N4O3/c1-19-9-7-10(20-2)16-12(15-9)17-11(18)13(8-14)5-3-4-6-13/h7H,3-6H2,1-2H3,(H,15,16,17,18). The Balaban J connectivity index is 2.21. The Morgan fingerprint density at radius 2 is 1.85 bits per heavy atom. The predicted molar refractivity (Wildman–Crippen MR) is 70.3 cm³/mol. The summed E-state index contributed by atoms with van der Waals surface area (Å²) < 4.78 is 10.0. The molecule has 2 rings (SSSR count). The number of carbonyl (C=O) groups excluding carboxylic acids is 1. The van der Waals surface area contributed by atoms with E-state index in [9.17, 15) is 10.1 Å². The first kappa shape index (κ1) is 14.1. The van der Waals surface area contributed by atoms with Crippen molar-refractivity contribution in [1.29, 1.82) is 5.26 Å². The molecule has 0 atom stereocenters. The molecule has 0 saturated heterocycles. The number of nitrogens with one attached hydrogen (secondary N) is 1. The van der Waals surface area contributed by atoms with E-state index >= 15 is 0 Å². The van der Waals surface area contributed by atoms with Gasteiger partial charge < -0.3 is 9.47 Å². The minimum absolute atomic E-state index is 0.0766. The minimum atomic E-state index is -0.973. The van der Waals surface area contributed by atoms with Crippen molar-refractivity contribution in [2.45, 2.75) is 25.7 Å². The molecule has 7 nitrogen and oxygen atoms in total. The zero-order valence-electron chi connectivity index (χ0n) is 11.5. The highest BCUT2D eigenvalue weighted by Gasteiger charge is 2.41. The summed E-state index contributed by atoms with van der Waals surface area (Å²) in [6.07, 6.45) is 2.89. The molecule has 1 fully saturated rings. The summed E-state index contributed by atoms with van der Waals surface area (Å²) in [7, 11) is 2.92. The highest BCUT2D eigenvalue weighted by molar-refractivity contribution is 5.96. The molecule has 0 aliphatic heterocycles. The fraction of sp³-hybridized carbons (Fsp3) is 0.538. The average molecular weight is 276 g/mol. The second-order valence-electron chi connectivity index (χ2n) is 4.63. The molecular formula is C13H16N4O3. The largest absolute Gasteiger partial charge is 0.481 e. The molecule has 1 aromatic heterocycles. The van der Waals surface area contributed by atoms with Crippen molar-refractivity contribution in [3.8, 4) is 17.8 Å². The molecule has 0 bridgehead atoms. The summed E-state index contributed by atoms with van der Waals surface area (Å²) in [5.41, 5.74) is -0.973. The summed E-state index contributed by atoms with van der Waals surface area (Å²) in [6, 6.07) is 3.63. The van der Waals surface area contributed by atoms with Crippen LogP contribution in [0.1, 0.15) is 25.7 Å². The summed E-state index contributed by atoms with van der Waals surface area (Å²) >= 11 is 0. The molecule has 7 heteroatoms. The van der Waals surface area contributed by atoms with E-state index in [0.29, 0.717) is 12.8 Å². The maximum absolute atomic E-state index is 12.3. The van der Waals surface area contributed by atoms with Crippen LogP contribution in [0.2, 0.25) is 0 Å². The van der Waals surface area contributed by atoms with Crippen molar-refractivity contribution < 1.29 is 14.3 Å². The van der Waals surface area contributed by atoms with Crippen molar-refractivity contribution >= 4 is 11.9 Å². The first-order chi connectivity index (χ1) is 9.63. The number of aromatic nitrogens is 2. The first-order valence-corrected chi connectivity index (χ1v) is 6.33. The molecule has 0 aromatic carbocycles. The summed E-state index contributed by atoms with van der Waals surface area (Å²) in [5, 5.41) is 11.8. The summed E-state index contributed by atoms with van der Waals surface area (Å²) in [4.78, 5) is 20.3. The second kappa shape index (κ2) is 5.74. The molecule has 20 heavy (non-hydrogen) atoms. The van der Waals surface area contributed by atoms with Gasteiger partial charge >= 0.3 is 0 Å². The van der Waals surface area contributed by atoms with Crippen molar-refractivity contribution in [3.05, 3.63) is 6.07 Å². The monoisotopic (exact) mass is 276 g/mol. The van der Waals surface area contributed by atoms with Crippen LogP contribution in [0.15, 0.2) is 6.07 Å². The lowest BCUT2D eigenvalue weighted by molar-refractivity contribution is -0.122. The van der Waals surface area contributed by atoms with E-state index in [1.807, 2.05) is 0 Å². The molecule has 1 heterocycles. The maximum Gasteiger partial charge on any atom is 0.247 e. The number of hydrogen-bond acceptors (Lipinski definition) is 6. The van der Waals surface area contributed by atoms with Crippen molar-refractivity contribution in [3.63, 3.8) is 0 Å². The van der Waals surface area contributed by atoms with Gasteiger partial charge in [0.25, 0.3) is 0 Å². The third kappa shape index (κ3) is 2.64. The van der Waals surface area contributed by atoms with Gasteiger partial charge in [-0.15, -0.1) is 0 Å². The maximum atomic E-state index is 12.3. The van der Waals surface area contributed by atoms with Crippen LogP contribution >= 0.6 is 0 Å². The fourth-order valence-electron chi connectivity index (χ4n) is 2.26. The summed E-state index contributed by atoms with van der Waals surface area (Å²) in [6.45, 7) is 0. The van der Waals surface area contributed by atoms with Crippen LogP contribution in [0.3, 0.4) is 0 Å². The Morgan fingerprint density at radius 3 is 2.30 bits per heavy atom. The lowest BCUT2D eigenvalue weighted by Crippen LogP contribution is -2.33. The molecule has 0 spiro atoms. The Hall–Kier alpha value is -2.36. The lowest BCUT2D eigenvalue weighted by atomic mass is 9.87. The van der Waals surface area contributed by atoms with Gasteiger partial charge in [0.1, 0.15) is 5.41 Å². The number of amides is 1. The van der Waals surface area contributed by atoms with Crippen LogP contribution in [0.25, 0.3) is 0 Å². The number of ether oxygens (including phenoxy) is 2. The zero-order chi connectivity index (χ0) is 14.6. The van der Waals surface area contributed by atoms with E-state index in [4.69, 9.17) is 9.47 Å². The minimum Gasteiger partial charge on any atom is -0.481 e. The van der Waals surface area contributed by atoms with Crippen LogP contribution in [0, 0.1) is 16.7 Å². The molecule has 1 saturated carbocycles. The SMILES string of the molecule is COc1cc(OC)nc(NC(=O)C2(C#N)CCCC2)n1. The number of carbonyl (C=O) groups is 1. The quantitative estimate of drug-likeness (QED) is 0.895. The van der Waals surface area contributed by atoms with E-state index in [-0.39, 0.29) is 23.6 Å². The van der Waals surface area contributed by atoms with Gasteiger partial charge in [-0.2, -0.15) is 15.2 Å². The molecule has 1 aliphatic carbocycles. The van der Waals surface area contributed by atoms with Gasteiger partial charge in [-0.05, 0) is 12.8 Å². The summed E-state index contributed by atoms with van der Waals surface area (Å²) in [5.74, 6) is 0.273. The number of nitrogens with zero attached hydrogens (tertiary/aromatic N) is 3. The van der Waals surface area contributed by atoms with Gasteiger partial charge in [0.2, 0.25) is 23.6 Å². The number of nitriles is 1. The zero-order valence-corrected chi connectivity index (χ0v) is 11.5. The smallest absolute Gasteiger partial charge is 0.247 e. The van der Waals surface area contributed by atoms with Gasteiger partial charge in [0.05, 0.1) is 26.4 Å². The average Bonchev–Trinajstić information content (AvgIpc) is 2.97. The topological polar surface area (TPSA) is 97.1 Å². The normalized spacial score (nSPS) is 16.2. The molecule has 1 amide bonds. The van der Waals surface area contributed by atoms with Gasteiger partial charge in [-0.3, -0.25) is 10.1 Å². The predicted octanol–water partition coefficient (Wildman–Crippen LogP) is 1.52. The van der Waals surface area contributed by atoms with Crippen molar-refractivity contribution in [2.24, 2.45) is 5.41 Å². The van der Waals surface area contributed by atoms with Crippen LogP contribution in [0.4, 0.5) is 5.95 Å². The van der Waals surface area contributed by atoms with Gasteiger partial charge in [-0.25, -0.2) is 0 Å². The Kier molecular flexibility index (Phi) is 4.03. The van der Waals surface area contributed by atoms with Crippen LogP contribution < -0.4 is 14.8 Å². The van der Waals surface area contributed by atoms with Gasteiger partial charge in [-0.1, -0.05) is 12.8 Å². The van der Waals surface area contributed by atoms with E-state index in [0.717, 1.165) is 12.8 Å². The third-order valence-corrected chi connectivity index (χ3v) is 3.43. The molecule has 106 valence electrons. The molecule has 1 aromatic rings. The van der Waals surface area contributed by atoms with Gasteiger partial charge in [0, 0.05) is 0 Å². The van der Waals surface area contributed by atoms with E-state index in [1.165, 1.54) is 20.3 Å². The van der Waals surface area contributed by atoms with Crippen molar-refractivity contribution in [1.82, 2.24) is 9.97 Å². The van der Waals surface area contributed by atoms with E-state index in [2.05, 4.69) is 21.4 Å². The Bertz CT molecular complexity index is 525.